The van der Waals surface area contributed by atoms with Crippen molar-refractivity contribution in [3.05, 3.63) is 24.3 Å². The van der Waals surface area contributed by atoms with Gasteiger partial charge < -0.3 is 10.6 Å². The van der Waals surface area contributed by atoms with Crippen LogP contribution in [0.25, 0.3) is 0 Å². The topological polar surface area (TPSA) is 75.4 Å². The van der Waals surface area contributed by atoms with Gasteiger partial charge in [-0.05, 0) is 44.9 Å². The molecule has 1 fully saturated rings. The molecule has 0 bridgehead atoms. The molecule has 0 aromatic heterocycles. The standard InChI is InChI=1S/C14H23N3O2S/c1-2-17(11-5-10-15)13-6-3-4-7-14(13)20(18,19)16-12-8-9-12/h3-4,6-7,12,16H,2,5,8-11,15H2,1H3. The average Bonchev–Trinajstić information content (AvgIpc) is 3.23. The lowest BCUT2D eigenvalue weighted by Gasteiger charge is -2.25. The quantitative estimate of drug-likeness (QED) is 0.758. The lowest BCUT2D eigenvalue weighted by Crippen LogP contribution is -2.31. The Morgan fingerprint density at radius 3 is 2.65 bits per heavy atom. The fraction of sp³-hybridized carbons (Fsp3) is 0.571. The van der Waals surface area contributed by atoms with Gasteiger partial charge in [0.05, 0.1) is 5.69 Å². The Morgan fingerprint density at radius 1 is 1.35 bits per heavy atom. The number of anilines is 1. The Morgan fingerprint density at radius 2 is 2.05 bits per heavy atom. The van der Waals surface area contributed by atoms with Crippen LogP contribution in [-0.2, 0) is 10.0 Å². The first-order valence-corrected chi connectivity index (χ1v) is 8.63. The maximum Gasteiger partial charge on any atom is 0.242 e. The largest absolute Gasteiger partial charge is 0.371 e. The van der Waals surface area contributed by atoms with Crippen LogP contribution in [0, 0.1) is 0 Å². The third-order valence-corrected chi connectivity index (χ3v) is 4.98. The first-order chi connectivity index (χ1) is 9.58. The summed E-state index contributed by atoms with van der Waals surface area (Å²) < 4.78 is 27.6. The van der Waals surface area contributed by atoms with Gasteiger partial charge in [-0.15, -0.1) is 0 Å². The number of hydrogen-bond donors (Lipinski definition) is 2. The second kappa shape index (κ2) is 6.56. The van der Waals surface area contributed by atoms with Gasteiger partial charge in [0.25, 0.3) is 0 Å². The molecule has 5 nitrogen and oxygen atoms in total. The van der Waals surface area contributed by atoms with Gasteiger partial charge in [-0.25, -0.2) is 13.1 Å². The molecule has 0 heterocycles. The molecule has 1 aliphatic rings. The SMILES string of the molecule is CCN(CCCN)c1ccccc1S(=O)(=O)NC1CC1. The molecule has 0 atom stereocenters. The number of nitrogens with one attached hydrogen (secondary N) is 1. The van der Waals surface area contributed by atoms with Crippen molar-refractivity contribution in [2.75, 3.05) is 24.5 Å². The Labute approximate surface area is 121 Å². The van der Waals surface area contributed by atoms with Crippen molar-refractivity contribution < 1.29 is 8.42 Å². The van der Waals surface area contributed by atoms with Crippen molar-refractivity contribution >= 4 is 15.7 Å². The fourth-order valence-corrected chi connectivity index (χ4v) is 3.69. The van der Waals surface area contributed by atoms with E-state index < -0.39 is 10.0 Å². The van der Waals surface area contributed by atoms with Gasteiger partial charge in [0.1, 0.15) is 4.90 Å². The molecule has 112 valence electrons. The van der Waals surface area contributed by atoms with E-state index in [1.165, 1.54) is 0 Å². The van der Waals surface area contributed by atoms with Gasteiger partial charge >= 0.3 is 0 Å². The Balaban J connectivity index is 2.28. The zero-order valence-electron chi connectivity index (χ0n) is 11.9. The van der Waals surface area contributed by atoms with Crippen LogP contribution in [0.3, 0.4) is 0 Å². The highest BCUT2D eigenvalue weighted by molar-refractivity contribution is 7.89. The summed E-state index contributed by atoms with van der Waals surface area (Å²) in [6.07, 6.45) is 2.72. The summed E-state index contributed by atoms with van der Waals surface area (Å²) in [5.41, 5.74) is 6.31. The monoisotopic (exact) mass is 297 g/mol. The smallest absolute Gasteiger partial charge is 0.242 e. The molecule has 0 radical (unpaired) electrons. The highest BCUT2D eigenvalue weighted by Crippen LogP contribution is 2.28. The lowest BCUT2D eigenvalue weighted by molar-refractivity contribution is 0.580. The molecular formula is C14H23N3O2S. The Bertz CT molecular complexity index is 541. The average molecular weight is 297 g/mol. The van der Waals surface area contributed by atoms with Crippen LogP contribution in [0.2, 0.25) is 0 Å². The summed E-state index contributed by atoms with van der Waals surface area (Å²) in [5, 5.41) is 0. The van der Waals surface area contributed by atoms with Crippen LogP contribution in [0.15, 0.2) is 29.2 Å². The third kappa shape index (κ3) is 3.71. The summed E-state index contributed by atoms with van der Waals surface area (Å²) in [5.74, 6) is 0. The van der Waals surface area contributed by atoms with Gasteiger partial charge in [-0.3, -0.25) is 0 Å². The van der Waals surface area contributed by atoms with E-state index in [0.29, 0.717) is 11.4 Å². The number of hydrogen-bond acceptors (Lipinski definition) is 4. The van der Waals surface area contributed by atoms with E-state index in [0.717, 1.165) is 38.0 Å². The first-order valence-electron chi connectivity index (χ1n) is 7.15. The fourth-order valence-electron chi connectivity index (χ4n) is 2.16. The predicted octanol–water partition coefficient (Wildman–Crippen LogP) is 1.30. The Hall–Kier alpha value is -1.11. The molecule has 0 aliphatic heterocycles. The highest BCUT2D eigenvalue weighted by Gasteiger charge is 2.29. The molecule has 0 unspecified atom stereocenters. The second-order valence-corrected chi connectivity index (χ2v) is 6.77. The van der Waals surface area contributed by atoms with Crippen LogP contribution in [0.5, 0.6) is 0 Å². The molecule has 1 saturated carbocycles. The molecule has 1 aromatic rings. The minimum Gasteiger partial charge on any atom is -0.371 e. The van der Waals surface area contributed by atoms with Gasteiger partial charge in [-0.2, -0.15) is 0 Å². The van der Waals surface area contributed by atoms with E-state index in [4.69, 9.17) is 5.73 Å². The van der Waals surface area contributed by atoms with E-state index >= 15 is 0 Å². The highest BCUT2D eigenvalue weighted by atomic mass is 32.2. The van der Waals surface area contributed by atoms with Crippen molar-refractivity contribution in [3.63, 3.8) is 0 Å². The van der Waals surface area contributed by atoms with E-state index in [1.807, 2.05) is 19.1 Å². The molecule has 20 heavy (non-hydrogen) atoms. The van der Waals surface area contributed by atoms with Crippen LogP contribution >= 0.6 is 0 Å². The van der Waals surface area contributed by atoms with Crippen LogP contribution in [0.4, 0.5) is 5.69 Å². The van der Waals surface area contributed by atoms with Gasteiger partial charge in [0.2, 0.25) is 10.0 Å². The lowest BCUT2D eigenvalue weighted by atomic mass is 10.2. The summed E-state index contributed by atoms with van der Waals surface area (Å²) in [6.45, 7) is 4.15. The minimum absolute atomic E-state index is 0.118. The first kappa shape index (κ1) is 15.3. The van der Waals surface area contributed by atoms with E-state index in [2.05, 4.69) is 9.62 Å². The zero-order valence-corrected chi connectivity index (χ0v) is 12.7. The van der Waals surface area contributed by atoms with E-state index in [1.54, 1.807) is 12.1 Å². The maximum absolute atomic E-state index is 12.4. The Kier molecular flexibility index (Phi) is 5.01. The number of para-hydroxylation sites is 1. The summed E-state index contributed by atoms with van der Waals surface area (Å²) in [6, 6.07) is 7.29. The molecular weight excluding hydrogens is 274 g/mol. The van der Waals surface area contributed by atoms with E-state index in [-0.39, 0.29) is 6.04 Å². The van der Waals surface area contributed by atoms with Crippen LogP contribution < -0.4 is 15.4 Å². The summed E-state index contributed by atoms with van der Waals surface area (Å²) in [7, 11) is -3.43. The van der Waals surface area contributed by atoms with Gasteiger partial charge in [-0.1, -0.05) is 12.1 Å². The van der Waals surface area contributed by atoms with Crippen molar-refractivity contribution in [2.45, 2.75) is 37.1 Å². The van der Waals surface area contributed by atoms with Crippen molar-refractivity contribution in [3.8, 4) is 0 Å². The third-order valence-electron chi connectivity index (χ3n) is 3.41. The second-order valence-electron chi connectivity index (χ2n) is 5.09. The number of benzene rings is 1. The molecule has 0 spiro atoms. The van der Waals surface area contributed by atoms with Crippen molar-refractivity contribution in [1.29, 1.82) is 0 Å². The molecule has 0 saturated heterocycles. The summed E-state index contributed by atoms with van der Waals surface area (Å²) >= 11 is 0. The van der Waals surface area contributed by atoms with Gasteiger partial charge in [0, 0.05) is 19.1 Å². The molecule has 3 N–H and O–H groups in total. The van der Waals surface area contributed by atoms with Gasteiger partial charge in [0.15, 0.2) is 0 Å². The molecule has 2 rings (SSSR count). The number of nitrogens with zero attached hydrogens (tertiary/aromatic N) is 1. The van der Waals surface area contributed by atoms with Crippen LogP contribution in [-0.4, -0.2) is 34.1 Å². The minimum atomic E-state index is -3.43. The van der Waals surface area contributed by atoms with Crippen LogP contribution in [0.1, 0.15) is 26.2 Å². The molecule has 1 aromatic carbocycles. The number of sulfonamides is 1. The van der Waals surface area contributed by atoms with E-state index in [9.17, 15) is 8.42 Å². The van der Waals surface area contributed by atoms with Crippen molar-refractivity contribution in [2.24, 2.45) is 5.73 Å². The van der Waals surface area contributed by atoms with Crippen molar-refractivity contribution in [1.82, 2.24) is 4.72 Å². The maximum atomic E-state index is 12.4. The molecule has 0 amide bonds. The molecule has 6 heteroatoms. The molecule has 1 aliphatic carbocycles. The zero-order chi connectivity index (χ0) is 14.6. The summed E-state index contributed by atoms with van der Waals surface area (Å²) in [4.78, 5) is 2.43. The number of nitrogens with two attached hydrogens (primary N) is 1. The normalized spacial score (nSPS) is 15.3. The predicted molar refractivity (Wildman–Crippen MR) is 81.3 cm³/mol. The number of rotatable bonds is 8.